The molecule has 0 aliphatic heterocycles. The van der Waals surface area contributed by atoms with Crippen LogP contribution in [0.25, 0.3) is 0 Å². The molecule has 1 aromatic carbocycles. The number of carbonyl (C=O) groups is 1. The van der Waals surface area contributed by atoms with E-state index < -0.39 is 0 Å². The molecule has 0 bridgehead atoms. The first-order chi connectivity index (χ1) is 9.77. The lowest BCUT2D eigenvalue weighted by Crippen LogP contribution is -2.10. The Morgan fingerprint density at radius 3 is 2.24 bits per heavy atom. The first kappa shape index (κ1) is 16.3. The molecule has 1 aromatic heterocycles. The number of Topliss-reactive ketones (excluding diaryl/α,β-unsaturated/α-hetero) is 1. The predicted octanol–water partition coefficient (Wildman–Crippen LogP) is 5.64. The number of aryl methyl sites for hydroxylation is 2. The molecule has 0 amide bonds. The van der Waals surface area contributed by atoms with Crippen molar-refractivity contribution < 1.29 is 4.79 Å². The summed E-state index contributed by atoms with van der Waals surface area (Å²) in [6.45, 7) is 10.7. The zero-order valence-electron chi connectivity index (χ0n) is 13.3. The number of hydrogen-bond donors (Lipinski definition) is 0. The second-order valence-electron chi connectivity index (χ2n) is 6.31. The van der Waals surface area contributed by atoms with Gasteiger partial charge in [0.1, 0.15) is 0 Å². The van der Waals surface area contributed by atoms with E-state index in [1.165, 1.54) is 10.4 Å². The number of thiophene rings is 1. The van der Waals surface area contributed by atoms with E-state index in [9.17, 15) is 4.79 Å². The molecule has 1 heterocycles. The molecule has 2 rings (SSSR count). The second kappa shape index (κ2) is 6.37. The number of carbonyl (C=O) groups excluding carboxylic acids is 1. The van der Waals surface area contributed by atoms with E-state index in [1.807, 2.05) is 19.9 Å². The van der Waals surface area contributed by atoms with Gasteiger partial charge in [0.2, 0.25) is 0 Å². The smallest absolute Gasteiger partial charge is 0.174 e. The lowest BCUT2D eigenvalue weighted by atomic mass is 9.87. The van der Waals surface area contributed by atoms with E-state index in [-0.39, 0.29) is 11.2 Å². The van der Waals surface area contributed by atoms with Crippen LogP contribution in [0.5, 0.6) is 0 Å². The third-order valence-electron chi connectivity index (χ3n) is 3.43. The summed E-state index contributed by atoms with van der Waals surface area (Å²) >= 11 is 3.31. The minimum Gasteiger partial charge on any atom is -0.293 e. The summed E-state index contributed by atoms with van der Waals surface area (Å²) in [5.41, 5.74) is 2.38. The van der Waals surface area contributed by atoms with Gasteiger partial charge in [-0.3, -0.25) is 4.79 Å². The molecule has 21 heavy (non-hydrogen) atoms. The van der Waals surface area contributed by atoms with Gasteiger partial charge in [-0.2, -0.15) is 0 Å². The molecule has 1 nitrogen and oxygen atoms in total. The average molecular weight is 319 g/mol. The molecule has 0 aliphatic rings. The molecule has 0 unspecified atom stereocenters. The van der Waals surface area contributed by atoms with E-state index in [2.05, 4.69) is 45.0 Å². The summed E-state index contributed by atoms with van der Waals surface area (Å²) in [7, 11) is 0. The van der Waals surface area contributed by atoms with Crippen LogP contribution >= 0.6 is 23.1 Å². The van der Waals surface area contributed by atoms with Gasteiger partial charge in [-0.05, 0) is 43.0 Å². The minimum atomic E-state index is 0.171. The van der Waals surface area contributed by atoms with Crippen LogP contribution in [-0.4, -0.2) is 11.5 Å². The summed E-state index contributed by atoms with van der Waals surface area (Å²) in [5.74, 6) is 0.730. The first-order valence-corrected chi connectivity index (χ1v) is 8.91. The van der Waals surface area contributed by atoms with Crippen LogP contribution in [-0.2, 0) is 5.41 Å². The normalized spacial score (nSPS) is 11.7. The average Bonchev–Trinajstić information content (AvgIpc) is 2.74. The largest absolute Gasteiger partial charge is 0.293 e. The van der Waals surface area contributed by atoms with Gasteiger partial charge in [0.05, 0.1) is 5.75 Å². The van der Waals surface area contributed by atoms with Crippen molar-refractivity contribution in [3.05, 3.63) is 51.2 Å². The predicted molar refractivity (Wildman–Crippen MR) is 94.0 cm³/mol. The van der Waals surface area contributed by atoms with Gasteiger partial charge in [-0.15, -0.1) is 23.1 Å². The van der Waals surface area contributed by atoms with Crippen LogP contribution in [0.3, 0.4) is 0 Å². The lowest BCUT2D eigenvalue weighted by molar-refractivity contribution is 0.102. The Morgan fingerprint density at radius 2 is 1.76 bits per heavy atom. The van der Waals surface area contributed by atoms with E-state index in [4.69, 9.17) is 0 Å². The van der Waals surface area contributed by atoms with E-state index in [0.717, 1.165) is 15.3 Å². The summed E-state index contributed by atoms with van der Waals surface area (Å²) < 4.78 is 0. The van der Waals surface area contributed by atoms with Crippen molar-refractivity contribution in [2.75, 3.05) is 5.75 Å². The molecule has 0 saturated carbocycles. The molecule has 3 heteroatoms. The van der Waals surface area contributed by atoms with Gasteiger partial charge < -0.3 is 0 Å². The number of ketones is 1. The standard InChI is InChI=1S/C18H22OS2/c1-12-10-16(13(2)21-12)17(19)11-20-15-8-6-14(7-9-15)18(3,4)5/h6-10H,11H2,1-5H3. The molecule has 0 N–H and O–H groups in total. The Hall–Kier alpha value is -1.06. The third kappa shape index (κ3) is 4.21. The fraction of sp³-hybridized carbons (Fsp3) is 0.389. The Balaban J connectivity index is 2.00. The SMILES string of the molecule is Cc1cc(C(=O)CSc2ccc(C(C)(C)C)cc2)c(C)s1. The Labute approximate surface area is 135 Å². The molecule has 0 fully saturated rings. The van der Waals surface area contributed by atoms with Gasteiger partial charge in [-0.1, -0.05) is 32.9 Å². The maximum absolute atomic E-state index is 12.3. The highest BCUT2D eigenvalue weighted by molar-refractivity contribution is 8.00. The zero-order valence-corrected chi connectivity index (χ0v) is 15.0. The monoisotopic (exact) mass is 318 g/mol. The van der Waals surface area contributed by atoms with Crippen LogP contribution in [0, 0.1) is 13.8 Å². The second-order valence-corrected chi connectivity index (χ2v) is 8.82. The summed E-state index contributed by atoms with van der Waals surface area (Å²) in [5, 5.41) is 0. The molecule has 0 atom stereocenters. The first-order valence-electron chi connectivity index (χ1n) is 7.11. The molecular weight excluding hydrogens is 296 g/mol. The summed E-state index contributed by atoms with van der Waals surface area (Å²) in [4.78, 5) is 15.7. The van der Waals surface area contributed by atoms with Crippen molar-refractivity contribution in [3.63, 3.8) is 0 Å². The Bertz CT molecular complexity index is 630. The molecule has 0 aliphatic carbocycles. The number of hydrogen-bond acceptors (Lipinski definition) is 3. The lowest BCUT2D eigenvalue weighted by Gasteiger charge is -2.19. The Kier molecular flexibility index (Phi) is 4.95. The van der Waals surface area contributed by atoms with Crippen LogP contribution in [0.2, 0.25) is 0 Å². The fourth-order valence-electron chi connectivity index (χ4n) is 2.19. The minimum absolute atomic E-state index is 0.171. The van der Waals surface area contributed by atoms with Gasteiger partial charge in [0.15, 0.2) is 5.78 Å². The zero-order chi connectivity index (χ0) is 15.6. The van der Waals surface area contributed by atoms with Crippen LogP contribution in [0.4, 0.5) is 0 Å². The molecule has 112 valence electrons. The van der Waals surface area contributed by atoms with E-state index in [0.29, 0.717) is 5.75 Å². The molecule has 2 aromatic rings. The number of benzene rings is 1. The van der Waals surface area contributed by atoms with Crippen molar-refractivity contribution >= 4 is 28.9 Å². The van der Waals surface area contributed by atoms with Crippen molar-refractivity contribution in [1.82, 2.24) is 0 Å². The van der Waals surface area contributed by atoms with Gasteiger partial charge >= 0.3 is 0 Å². The quantitative estimate of drug-likeness (QED) is 0.536. The molecular formula is C18H22OS2. The maximum Gasteiger partial charge on any atom is 0.174 e. The topological polar surface area (TPSA) is 17.1 Å². The van der Waals surface area contributed by atoms with Crippen molar-refractivity contribution in [1.29, 1.82) is 0 Å². The number of thioether (sulfide) groups is 1. The van der Waals surface area contributed by atoms with Gasteiger partial charge in [0.25, 0.3) is 0 Å². The maximum atomic E-state index is 12.3. The van der Waals surface area contributed by atoms with Gasteiger partial charge in [0, 0.05) is 20.2 Å². The summed E-state index contributed by atoms with van der Waals surface area (Å²) in [6, 6.07) is 10.6. The van der Waals surface area contributed by atoms with Crippen molar-refractivity contribution in [2.45, 2.75) is 44.9 Å². The van der Waals surface area contributed by atoms with E-state index in [1.54, 1.807) is 23.1 Å². The third-order valence-corrected chi connectivity index (χ3v) is 5.41. The number of rotatable bonds is 4. The highest BCUT2D eigenvalue weighted by Gasteiger charge is 2.14. The molecule has 0 radical (unpaired) electrons. The summed E-state index contributed by atoms with van der Waals surface area (Å²) in [6.07, 6.45) is 0. The van der Waals surface area contributed by atoms with E-state index >= 15 is 0 Å². The van der Waals surface area contributed by atoms with Crippen LogP contribution < -0.4 is 0 Å². The van der Waals surface area contributed by atoms with Crippen LogP contribution in [0.15, 0.2) is 35.2 Å². The molecule has 0 saturated heterocycles. The van der Waals surface area contributed by atoms with Gasteiger partial charge in [-0.25, -0.2) is 0 Å². The molecule has 0 spiro atoms. The Morgan fingerprint density at radius 1 is 1.14 bits per heavy atom. The highest BCUT2D eigenvalue weighted by Crippen LogP contribution is 2.27. The van der Waals surface area contributed by atoms with Crippen LogP contribution in [0.1, 0.15) is 46.4 Å². The van der Waals surface area contributed by atoms with Crippen molar-refractivity contribution in [3.8, 4) is 0 Å². The fourth-order valence-corrected chi connectivity index (χ4v) is 3.91. The van der Waals surface area contributed by atoms with Crippen molar-refractivity contribution in [2.24, 2.45) is 0 Å². The highest BCUT2D eigenvalue weighted by atomic mass is 32.2.